The van der Waals surface area contributed by atoms with Crippen LogP contribution in [0.3, 0.4) is 0 Å². The molecule has 0 amide bonds. The SMILES string of the molecule is CC1(C)c2ccccc2-c2ccc(N(c3ccc(-c4cc(-c5ccccc5)cc(-c5ccccc5)c4)cc3)c3cccc(-c4cccc(-c5cccc6ccccc56)c4)c3)cc21. The summed E-state index contributed by atoms with van der Waals surface area (Å²) in [6.07, 6.45) is 0. The first-order chi connectivity index (χ1) is 30.5. The van der Waals surface area contributed by atoms with Gasteiger partial charge in [-0.3, -0.25) is 0 Å². The van der Waals surface area contributed by atoms with Crippen molar-refractivity contribution in [3.8, 4) is 66.8 Å². The van der Waals surface area contributed by atoms with Gasteiger partial charge in [0, 0.05) is 22.5 Å². The van der Waals surface area contributed by atoms with Crippen LogP contribution in [0.1, 0.15) is 25.0 Å². The lowest BCUT2D eigenvalue weighted by atomic mass is 9.82. The van der Waals surface area contributed by atoms with Gasteiger partial charge in [-0.25, -0.2) is 0 Å². The third kappa shape index (κ3) is 6.69. The van der Waals surface area contributed by atoms with Gasteiger partial charge >= 0.3 is 0 Å². The molecule has 1 aliphatic carbocycles. The largest absolute Gasteiger partial charge is 0.310 e. The first-order valence-electron chi connectivity index (χ1n) is 21.6. The molecule has 11 rings (SSSR count). The fourth-order valence-corrected chi connectivity index (χ4v) is 9.64. The highest BCUT2D eigenvalue weighted by atomic mass is 15.1. The van der Waals surface area contributed by atoms with E-state index in [0.29, 0.717) is 0 Å². The number of fused-ring (bicyclic) bond motifs is 4. The summed E-state index contributed by atoms with van der Waals surface area (Å²) in [5.74, 6) is 0. The van der Waals surface area contributed by atoms with E-state index in [4.69, 9.17) is 0 Å². The number of anilines is 3. The van der Waals surface area contributed by atoms with Crippen molar-refractivity contribution in [2.75, 3.05) is 4.90 Å². The van der Waals surface area contributed by atoms with Crippen LogP contribution in [0, 0.1) is 0 Å². The van der Waals surface area contributed by atoms with Gasteiger partial charge in [0.05, 0.1) is 0 Å². The Morgan fingerprint density at radius 3 is 1.47 bits per heavy atom. The Morgan fingerprint density at radius 2 is 0.742 bits per heavy atom. The molecular weight excluding hydrogens is 747 g/mol. The van der Waals surface area contributed by atoms with Gasteiger partial charge in [0.15, 0.2) is 0 Å². The Morgan fingerprint density at radius 1 is 0.274 bits per heavy atom. The van der Waals surface area contributed by atoms with Gasteiger partial charge in [0.25, 0.3) is 0 Å². The van der Waals surface area contributed by atoms with Crippen molar-refractivity contribution in [2.45, 2.75) is 19.3 Å². The highest BCUT2D eigenvalue weighted by Crippen LogP contribution is 2.51. The van der Waals surface area contributed by atoms with E-state index in [-0.39, 0.29) is 5.41 Å². The molecule has 62 heavy (non-hydrogen) atoms. The molecule has 1 aliphatic rings. The van der Waals surface area contributed by atoms with Crippen molar-refractivity contribution in [3.63, 3.8) is 0 Å². The molecular formula is C61H45N. The van der Waals surface area contributed by atoms with Crippen LogP contribution in [0.25, 0.3) is 77.5 Å². The van der Waals surface area contributed by atoms with Crippen LogP contribution < -0.4 is 4.90 Å². The van der Waals surface area contributed by atoms with Crippen molar-refractivity contribution < 1.29 is 0 Å². The molecule has 0 saturated heterocycles. The minimum atomic E-state index is -0.123. The number of hydrogen-bond acceptors (Lipinski definition) is 1. The first-order valence-corrected chi connectivity index (χ1v) is 21.6. The smallest absolute Gasteiger partial charge is 0.0467 e. The maximum absolute atomic E-state index is 2.43. The average molecular weight is 792 g/mol. The summed E-state index contributed by atoms with van der Waals surface area (Å²) in [5.41, 5.74) is 20.6. The summed E-state index contributed by atoms with van der Waals surface area (Å²) in [5, 5.41) is 2.51. The molecule has 0 fully saturated rings. The maximum Gasteiger partial charge on any atom is 0.0467 e. The zero-order valence-electron chi connectivity index (χ0n) is 35.0. The summed E-state index contributed by atoms with van der Waals surface area (Å²) in [7, 11) is 0. The number of nitrogens with zero attached hydrogens (tertiary/aromatic N) is 1. The lowest BCUT2D eigenvalue weighted by Crippen LogP contribution is -2.16. The quantitative estimate of drug-likeness (QED) is 0.148. The summed E-state index contributed by atoms with van der Waals surface area (Å²) in [4.78, 5) is 2.43. The Balaban J connectivity index is 1.03. The molecule has 1 heteroatoms. The van der Waals surface area contributed by atoms with E-state index in [9.17, 15) is 0 Å². The molecule has 0 aromatic heterocycles. The molecule has 10 aromatic rings. The number of rotatable bonds is 8. The van der Waals surface area contributed by atoms with Crippen LogP contribution >= 0.6 is 0 Å². The molecule has 0 atom stereocenters. The highest BCUT2D eigenvalue weighted by molar-refractivity contribution is 5.97. The Hall–Kier alpha value is -7.74. The molecule has 0 heterocycles. The van der Waals surface area contributed by atoms with Gasteiger partial charge in [0.1, 0.15) is 0 Å². The lowest BCUT2D eigenvalue weighted by Gasteiger charge is -2.28. The Labute approximate surface area is 364 Å². The molecule has 0 aliphatic heterocycles. The predicted molar refractivity (Wildman–Crippen MR) is 263 cm³/mol. The van der Waals surface area contributed by atoms with E-state index < -0.39 is 0 Å². The second-order valence-corrected chi connectivity index (χ2v) is 17.0. The molecule has 0 unspecified atom stereocenters. The van der Waals surface area contributed by atoms with E-state index in [1.807, 2.05) is 0 Å². The van der Waals surface area contributed by atoms with Crippen molar-refractivity contribution in [1.29, 1.82) is 0 Å². The molecule has 0 spiro atoms. The van der Waals surface area contributed by atoms with E-state index in [0.717, 1.165) is 17.1 Å². The molecule has 0 bridgehead atoms. The molecule has 0 radical (unpaired) electrons. The maximum atomic E-state index is 2.43. The monoisotopic (exact) mass is 791 g/mol. The topological polar surface area (TPSA) is 3.24 Å². The normalized spacial score (nSPS) is 12.5. The lowest BCUT2D eigenvalue weighted by molar-refractivity contribution is 0.660. The zero-order valence-corrected chi connectivity index (χ0v) is 35.0. The number of hydrogen-bond donors (Lipinski definition) is 0. The molecule has 294 valence electrons. The number of benzene rings is 10. The zero-order chi connectivity index (χ0) is 41.6. The van der Waals surface area contributed by atoms with Gasteiger partial charge in [-0.2, -0.15) is 0 Å². The van der Waals surface area contributed by atoms with E-state index in [2.05, 4.69) is 255 Å². The predicted octanol–water partition coefficient (Wildman–Crippen LogP) is 17.0. The van der Waals surface area contributed by atoms with Crippen LogP contribution in [0.15, 0.2) is 237 Å². The van der Waals surface area contributed by atoms with Crippen molar-refractivity contribution in [1.82, 2.24) is 0 Å². The third-order valence-electron chi connectivity index (χ3n) is 12.8. The molecule has 1 nitrogen and oxygen atoms in total. The fourth-order valence-electron chi connectivity index (χ4n) is 9.64. The second kappa shape index (κ2) is 15.4. The molecule has 10 aromatic carbocycles. The van der Waals surface area contributed by atoms with Gasteiger partial charge in [-0.1, -0.05) is 190 Å². The third-order valence-corrected chi connectivity index (χ3v) is 12.8. The fraction of sp³-hybridized carbons (Fsp3) is 0.0492. The van der Waals surface area contributed by atoms with E-state index >= 15 is 0 Å². The standard InChI is InChI=1S/C61H45N/c1-61(2)59-29-12-11-27-57(59)58-35-34-54(41-60(58)61)62(53-25-14-23-47(40-53)46-22-13-24-48(36-46)56-28-15-21-45-20-9-10-26-55(45)56)52-32-30-44(31-33-52)51-38-49(42-16-5-3-6-17-42)37-50(39-51)43-18-7-4-8-19-43/h3-41H,1-2H3. The highest BCUT2D eigenvalue weighted by Gasteiger charge is 2.35. The average Bonchev–Trinajstić information content (AvgIpc) is 3.57. The van der Waals surface area contributed by atoms with Gasteiger partial charge in [-0.15, -0.1) is 0 Å². The van der Waals surface area contributed by atoms with Crippen LogP contribution in [-0.2, 0) is 5.41 Å². The van der Waals surface area contributed by atoms with Gasteiger partial charge in [0.2, 0.25) is 0 Å². The minimum Gasteiger partial charge on any atom is -0.310 e. The summed E-state index contributed by atoms with van der Waals surface area (Å²) < 4.78 is 0. The molecule has 0 saturated carbocycles. The van der Waals surface area contributed by atoms with Gasteiger partial charge < -0.3 is 4.90 Å². The van der Waals surface area contributed by atoms with Crippen molar-refractivity contribution in [3.05, 3.63) is 248 Å². The first kappa shape index (κ1) is 37.3. The summed E-state index contributed by atoms with van der Waals surface area (Å²) in [6, 6.07) is 86.7. The summed E-state index contributed by atoms with van der Waals surface area (Å²) in [6.45, 7) is 4.72. The Kier molecular flexibility index (Phi) is 9.24. The second-order valence-electron chi connectivity index (χ2n) is 17.0. The molecule has 0 N–H and O–H groups in total. The van der Waals surface area contributed by atoms with Crippen molar-refractivity contribution in [2.24, 2.45) is 0 Å². The van der Waals surface area contributed by atoms with Crippen LogP contribution in [0.2, 0.25) is 0 Å². The summed E-state index contributed by atoms with van der Waals surface area (Å²) >= 11 is 0. The van der Waals surface area contributed by atoms with Crippen LogP contribution in [0.5, 0.6) is 0 Å². The van der Waals surface area contributed by atoms with Crippen LogP contribution in [0.4, 0.5) is 17.1 Å². The van der Waals surface area contributed by atoms with Crippen molar-refractivity contribution >= 4 is 27.8 Å². The minimum absolute atomic E-state index is 0.123. The Bertz CT molecular complexity index is 3190. The van der Waals surface area contributed by atoms with E-state index in [1.165, 1.54) is 88.7 Å². The van der Waals surface area contributed by atoms with Gasteiger partial charge in [-0.05, 0) is 149 Å². The van der Waals surface area contributed by atoms with E-state index in [1.54, 1.807) is 0 Å². The van der Waals surface area contributed by atoms with Crippen LogP contribution in [-0.4, -0.2) is 0 Å².